The van der Waals surface area contributed by atoms with E-state index in [4.69, 9.17) is 9.84 Å². The summed E-state index contributed by atoms with van der Waals surface area (Å²) in [5.41, 5.74) is 2.30. The molecule has 2 rings (SSSR count). The van der Waals surface area contributed by atoms with Crippen LogP contribution in [-0.4, -0.2) is 18.2 Å². The first-order valence-electron chi connectivity index (χ1n) is 5.10. The molecule has 1 N–H and O–H groups in total. The monoisotopic (exact) mass is 206 g/mol. The van der Waals surface area contributed by atoms with Crippen LogP contribution in [0.5, 0.6) is 5.75 Å². The summed E-state index contributed by atoms with van der Waals surface area (Å²) in [5.74, 6) is -0.0376. The van der Waals surface area contributed by atoms with Crippen molar-refractivity contribution in [3.05, 3.63) is 29.3 Å². The van der Waals surface area contributed by atoms with Crippen LogP contribution in [0.2, 0.25) is 0 Å². The van der Waals surface area contributed by atoms with Gasteiger partial charge in [-0.25, -0.2) is 0 Å². The van der Waals surface area contributed by atoms with Crippen molar-refractivity contribution in [3.63, 3.8) is 0 Å². The molecule has 0 saturated carbocycles. The van der Waals surface area contributed by atoms with E-state index in [1.54, 1.807) is 7.11 Å². The van der Waals surface area contributed by atoms with Crippen LogP contribution >= 0.6 is 0 Å². The zero-order valence-electron chi connectivity index (χ0n) is 8.69. The molecule has 0 spiro atoms. The third kappa shape index (κ3) is 1.82. The Morgan fingerprint density at radius 3 is 3.00 bits per heavy atom. The molecule has 3 heteroatoms. The Morgan fingerprint density at radius 2 is 2.33 bits per heavy atom. The molecule has 0 fully saturated rings. The fourth-order valence-electron chi connectivity index (χ4n) is 2.17. The highest BCUT2D eigenvalue weighted by molar-refractivity contribution is 5.71. The topological polar surface area (TPSA) is 46.5 Å². The van der Waals surface area contributed by atoms with Crippen molar-refractivity contribution < 1.29 is 14.6 Å². The second-order valence-corrected chi connectivity index (χ2v) is 3.88. The number of carboxylic acids is 1. The lowest BCUT2D eigenvalue weighted by molar-refractivity contribution is -0.142. The Bertz CT molecular complexity index is 384. The summed E-state index contributed by atoms with van der Waals surface area (Å²) in [5, 5.41) is 8.96. The van der Waals surface area contributed by atoms with Crippen LogP contribution in [0.4, 0.5) is 0 Å². The predicted octanol–water partition coefficient (Wildman–Crippen LogP) is 1.88. The van der Waals surface area contributed by atoms with Gasteiger partial charge in [-0.2, -0.15) is 0 Å². The number of hydrogen-bond acceptors (Lipinski definition) is 2. The van der Waals surface area contributed by atoms with E-state index < -0.39 is 5.97 Å². The molecule has 80 valence electrons. The van der Waals surface area contributed by atoms with E-state index in [1.165, 1.54) is 5.56 Å². The van der Waals surface area contributed by atoms with Gasteiger partial charge < -0.3 is 9.84 Å². The normalized spacial score (nSPS) is 19.4. The first-order valence-corrected chi connectivity index (χ1v) is 5.10. The fourth-order valence-corrected chi connectivity index (χ4v) is 2.17. The lowest BCUT2D eigenvalue weighted by Crippen LogP contribution is -2.22. The van der Waals surface area contributed by atoms with E-state index in [2.05, 4.69) is 0 Å². The Kier molecular flexibility index (Phi) is 2.62. The average molecular weight is 206 g/mol. The van der Waals surface area contributed by atoms with Crippen molar-refractivity contribution in [2.24, 2.45) is 5.92 Å². The molecule has 15 heavy (non-hydrogen) atoms. The lowest BCUT2D eigenvalue weighted by Gasteiger charge is -2.23. The largest absolute Gasteiger partial charge is 0.496 e. The van der Waals surface area contributed by atoms with Crippen molar-refractivity contribution in [1.82, 2.24) is 0 Å². The summed E-state index contributed by atoms with van der Waals surface area (Å²) in [4.78, 5) is 10.9. The molecular weight excluding hydrogens is 192 g/mol. The summed E-state index contributed by atoms with van der Waals surface area (Å²) in [7, 11) is 1.65. The summed E-state index contributed by atoms with van der Waals surface area (Å²) < 4.78 is 5.26. The second kappa shape index (κ2) is 3.93. The number of rotatable bonds is 2. The van der Waals surface area contributed by atoms with Crippen molar-refractivity contribution in [1.29, 1.82) is 0 Å². The summed E-state index contributed by atoms with van der Waals surface area (Å²) in [6.07, 6.45) is 2.14. The van der Waals surface area contributed by atoms with E-state index in [9.17, 15) is 4.79 Å². The number of fused-ring (bicyclic) bond motifs is 1. The molecule has 0 heterocycles. The maximum Gasteiger partial charge on any atom is 0.306 e. The van der Waals surface area contributed by atoms with Crippen molar-refractivity contribution >= 4 is 5.97 Å². The Hall–Kier alpha value is -1.51. The molecule has 1 atom stereocenters. The van der Waals surface area contributed by atoms with Gasteiger partial charge in [-0.1, -0.05) is 12.1 Å². The summed E-state index contributed by atoms with van der Waals surface area (Å²) >= 11 is 0. The molecular formula is C12H14O3. The molecule has 0 bridgehead atoms. The van der Waals surface area contributed by atoms with Crippen LogP contribution < -0.4 is 4.74 Å². The number of ether oxygens (including phenoxy) is 1. The van der Waals surface area contributed by atoms with Gasteiger partial charge in [0.05, 0.1) is 13.0 Å². The van der Waals surface area contributed by atoms with Gasteiger partial charge in [-0.05, 0) is 36.5 Å². The average Bonchev–Trinajstić information content (AvgIpc) is 2.27. The van der Waals surface area contributed by atoms with Crippen LogP contribution in [0.3, 0.4) is 0 Å². The number of carboxylic acid groups (broad SMARTS) is 1. The predicted molar refractivity (Wildman–Crippen MR) is 56.1 cm³/mol. The molecule has 1 aliphatic carbocycles. The Balaban J connectivity index is 2.31. The zero-order chi connectivity index (χ0) is 10.8. The van der Waals surface area contributed by atoms with E-state index in [-0.39, 0.29) is 5.92 Å². The van der Waals surface area contributed by atoms with Crippen LogP contribution in [0.25, 0.3) is 0 Å². The standard InChI is InChI=1S/C12H14O3/c1-15-11-4-2-3-8-7-9(12(13)14)5-6-10(8)11/h2-4,9H,5-7H2,1H3,(H,13,14)/t9-/m1/s1. The van der Waals surface area contributed by atoms with Gasteiger partial charge in [0.25, 0.3) is 0 Å². The molecule has 0 aliphatic heterocycles. The SMILES string of the molecule is COc1cccc2c1CC[C@@H](C(=O)O)C2. The number of carbonyl (C=O) groups is 1. The molecule has 0 amide bonds. The number of hydrogen-bond donors (Lipinski definition) is 1. The minimum atomic E-state index is -0.691. The minimum Gasteiger partial charge on any atom is -0.496 e. The van der Waals surface area contributed by atoms with Crippen LogP contribution in [0.15, 0.2) is 18.2 Å². The molecule has 0 saturated heterocycles. The molecule has 1 aromatic carbocycles. The third-order valence-electron chi connectivity index (χ3n) is 3.01. The van der Waals surface area contributed by atoms with Crippen LogP contribution in [0.1, 0.15) is 17.5 Å². The fraction of sp³-hybridized carbons (Fsp3) is 0.417. The molecule has 0 aromatic heterocycles. The first-order chi connectivity index (χ1) is 7.22. The highest BCUT2D eigenvalue weighted by Crippen LogP contribution is 2.31. The number of aliphatic carboxylic acids is 1. The molecule has 1 aliphatic rings. The van der Waals surface area contributed by atoms with Gasteiger partial charge in [0.15, 0.2) is 0 Å². The summed E-state index contributed by atoms with van der Waals surface area (Å²) in [6.45, 7) is 0. The van der Waals surface area contributed by atoms with E-state index in [0.29, 0.717) is 12.8 Å². The second-order valence-electron chi connectivity index (χ2n) is 3.88. The third-order valence-corrected chi connectivity index (χ3v) is 3.01. The van der Waals surface area contributed by atoms with Gasteiger partial charge in [0.1, 0.15) is 5.75 Å². The van der Waals surface area contributed by atoms with Gasteiger partial charge in [-0.3, -0.25) is 4.79 Å². The van der Waals surface area contributed by atoms with Gasteiger partial charge >= 0.3 is 5.97 Å². The quantitative estimate of drug-likeness (QED) is 0.803. The minimum absolute atomic E-state index is 0.232. The van der Waals surface area contributed by atoms with Gasteiger partial charge in [0, 0.05) is 0 Å². The van der Waals surface area contributed by atoms with Crippen LogP contribution in [0, 0.1) is 5.92 Å². The van der Waals surface area contributed by atoms with E-state index in [0.717, 1.165) is 17.7 Å². The molecule has 3 nitrogen and oxygen atoms in total. The first kappa shape index (κ1) is 10.0. The molecule has 0 radical (unpaired) electrons. The molecule has 1 aromatic rings. The van der Waals surface area contributed by atoms with Gasteiger partial charge in [-0.15, -0.1) is 0 Å². The highest BCUT2D eigenvalue weighted by Gasteiger charge is 2.25. The smallest absolute Gasteiger partial charge is 0.306 e. The molecule has 0 unspecified atom stereocenters. The maximum absolute atomic E-state index is 10.9. The maximum atomic E-state index is 10.9. The highest BCUT2D eigenvalue weighted by atomic mass is 16.5. The van der Waals surface area contributed by atoms with Crippen molar-refractivity contribution in [3.8, 4) is 5.75 Å². The Labute approximate surface area is 88.7 Å². The van der Waals surface area contributed by atoms with Crippen LogP contribution in [-0.2, 0) is 17.6 Å². The Morgan fingerprint density at radius 1 is 1.53 bits per heavy atom. The summed E-state index contributed by atoms with van der Waals surface area (Å²) in [6, 6.07) is 5.84. The van der Waals surface area contributed by atoms with Crippen molar-refractivity contribution in [2.75, 3.05) is 7.11 Å². The number of benzene rings is 1. The van der Waals surface area contributed by atoms with E-state index >= 15 is 0 Å². The zero-order valence-corrected chi connectivity index (χ0v) is 8.69. The number of methoxy groups -OCH3 is 1. The lowest BCUT2D eigenvalue weighted by atomic mass is 9.83. The van der Waals surface area contributed by atoms with E-state index in [1.807, 2.05) is 18.2 Å². The van der Waals surface area contributed by atoms with Crippen molar-refractivity contribution in [2.45, 2.75) is 19.3 Å². The van der Waals surface area contributed by atoms with Gasteiger partial charge in [0.2, 0.25) is 0 Å².